The van der Waals surface area contributed by atoms with Crippen LogP contribution in [0.1, 0.15) is 39.0 Å². The van der Waals surface area contributed by atoms with Crippen LogP contribution in [0.25, 0.3) is 0 Å². The van der Waals surface area contributed by atoms with E-state index in [-0.39, 0.29) is 18.1 Å². The maximum atomic E-state index is 11.9. The molecule has 1 aromatic carbocycles. The van der Waals surface area contributed by atoms with Crippen molar-refractivity contribution in [3.05, 3.63) is 30.3 Å². The van der Waals surface area contributed by atoms with Gasteiger partial charge in [-0.15, -0.1) is 0 Å². The van der Waals surface area contributed by atoms with Gasteiger partial charge in [-0.3, -0.25) is 0 Å². The number of hydrogen-bond donors (Lipinski definition) is 1. The third-order valence-corrected chi connectivity index (χ3v) is 3.35. The van der Waals surface area contributed by atoms with Crippen LogP contribution in [0.2, 0.25) is 0 Å². The molecule has 0 heterocycles. The van der Waals surface area contributed by atoms with Gasteiger partial charge in [-0.2, -0.15) is 0 Å². The molecular formula is C15H21NO2. The topological polar surface area (TPSA) is 38.3 Å². The standard InChI is InChI=1S/C15H21NO2/c1-12(16-13-8-4-2-5-9-13)15(17)18-14-10-6-3-7-11-14/h2,4-5,8-9,12,14,16H,3,6-7,10-11H2,1H3/t12-/m0/s1. The molecule has 0 spiro atoms. The first-order chi connectivity index (χ1) is 8.75. The first kappa shape index (κ1) is 12.9. The van der Waals surface area contributed by atoms with E-state index in [0.29, 0.717) is 0 Å². The van der Waals surface area contributed by atoms with Crippen molar-refractivity contribution < 1.29 is 9.53 Å². The highest BCUT2D eigenvalue weighted by molar-refractivity contribution is 5.78. The van der Waals surface area contributed by atoms with Crippen molar-refractivity contribution in [3.8, 4) is 0 Å². The van der Waals surface area contributed by atoms with Crippen LogP contribution < -0.4 is 5.32 Å². The van der Waals surface area contributed by atoms with Crippen molar-refractivity contribution in [2.45, 2.75) is 51.2 Å². The number of para-hydroxylation sites is 1. The zero-order chi connectivity index (χ0) is 12.8. The van der Waals surface area contributed by atoms with Gasteiger partial charge in [-0.25, -0.2) is 4.79 Å². The van der Waals surface area contributed by atoms with Gasteiger partial charge in [0.2, 0.25) is 0 Å². The summed E-state index contributed by atoms with van der Waals surface area (Å²) in [6, 6.07) is 9.45. The lowest BCUT2D eigenvalue weighted by Crippen LogP contribution is -2.32. The Labute approximate surface area is 109 Å². The molecule has 0 bridgehead atoms. The highest BCUT2D eigenvalue weighted by Crippen LogP contribution is 2.21. The van der Waals surface area contributed by atoms with Gasteiger partial charge >= 0.3 is 5.97 Å². The fourth-order valence-electron chi connectivity index (χ4n) is 2.29. The van der Waals surface area contributed by atoms with Crippen LogP contribution in [0.5, 0.6) is 0 Å². The quantitative estimate of drug-likeness (QED) is 0.829. The summed E-state index contributed by atoms with van der Waals surface area (Å²) < 4.78 is 5.52. The second-order valence-corrected chi connectivity index (χ2v) is 4.93. The number of ether oxygens (including phenoxy) is 1. The Balaban J connectivity index is 1.81. The van der Waals surface area contributed by atoms with E-state index in [1.54, 1.807) is 0 Å². The zero-order valence-corrected chi connectivity index (χ0v) is 10.9. The molecule has 1 atom stereocenters. The zero-order valence-electron chi connectivity index (χ0n) is 10.9. The average molecular weight is 247 g/mol. The van der Waals surface area contributed by atoms with E-state index in [2.05, 4.69) is 5.32 Å². The fourth-order valence-corrected chi connectivity index (χ4v) is 2.29. The number of carbonyl (C=O) groups excluding carboxylic acids is 1. The molecule has 1 saturated carbocycles. The average Bonchev–Trinajstić information content (AvgIpc) is 2.41. The molecule has 0 amide bonds. The summed E-state index contributed by atoms with van der Waals surface area (Å²) in [6.45, 7) is 1.85. The van der Waals surface area contributed by atoms with Crippen molar-refractivity contribution in [3.63, 3.8) is 0 Å². The summed E-state index contributed by atoms with van der Waals surface area (Å²) in [5.74, 6) is -0.147. The van der Waals surface area contributed by atoms with Crippen molar-refractivity contribution in [2.75, 3.05) is 5.32 Å². The Hall–Kier alpha value is -1.51. The molecule has 98 valence electrons. The van der Waals surface area contributed by atoms with E-state index in [1.807, 2.05) is 37.3 Å². The molecule has 1 fully saturated rings. The van der Waals surface area contributed by atoms with Gasteiger partial charge in [0.25, 0.3) is 0 Å². The van der Waals surface area contributed by atoms with Crippen LogP contribution in [-0.4, -0.2) is 18.1 Å². The third kappa shape index (κ3) is 3.76. The summed E-state index contributed by atoms with van der Waals surface area (Å²) in [5.41, 5.74) is 0.950. The number of carbonyl (C=O) groups is 1. The molecule has 0 unspecified atom stereocenters. The molecule has 3 heteroatoms. The molecule has 2 rings (SSSR count). The Kier molecular flexibility index (Phi) is 4.62. The van der Waals surface area contributed by atoms with Gasteiger partial charge in [0.15, 0.2) is 0 Å². The number of hydrogen-bond acceptors (Lipinski definition) is 3. The van der Waals surface area contributed by atoms with Gasteiger partial charge in [0.05, 0.1) is 0 Å². The van der Waals surface area contributed by atoms with Crippen LogP contribution in [0, 0.1) is 0 Å². The van der Waals surface area contributed by atoms with Crippen LogP contribution in [-0.2, 0) is 9.53 Å². The number of rotatable bonds is 4. The summed E-state index contributed by atoms with van der Waals surface area (Å²) in [6.07, 6.45) is 5.79. The van der Waals surface area contributed by atoms with Gasteiger partial charge in [-0.05, 0) is 44.7 Å². The minimum absolute atomic E-state index is 0.131. The number of nitrogens with one attached hydrogen (secondary N) is 1. The van der Waals surface area contributed by atoms with E-state index in [4.69, 9.17) is 4.74 Å². The molecular weight excluding hydrogens is 226 g/mol. The van der Waals surface area contributed by atoms with Gasteiger partial charge < -0.3 is 10.1 Å². The van der Waals surface area contributed by atoms with E-state index < -0.39 is 0 Å². The molecule has 0 aliphatic heterocycles. The smallest absolute Gasteiger partial charge is 0.328 e. The van der Waals surface area contributed by atoms with E-state index in [9.17, 15) is 4.79 Å². The molecule has 1 N–H and O–H groups in total. The highest BCUT2D eigenvalue weighted by Gasteiger charge is 2.21. The predicted molar refractivity (Wildman–Crippen MR) is 72.5 cm³/mol. The number of esters is 1. The lowest BCUT2D eigenvalue weighted by atomic mass is 9.98. The SMILES string of the molecule is C[C@H](Nc1ccccc1)C(=O)OC1CCCCC1. The van der Waals surface area contributed by atoms with Gasteiger partial charge in [0.1, 0.15) is 12.1 Å². The van der Waals surface area contributed by atoms with E-state index in [0.717, 1.165) is 18.5 Å². The summed E-state index contributed by atoms with van der Waals surface area (Å²) in [5, 5.41) is 3.16. The second kappa shape index (κ2) is 6.43. The minimum Gasteiger partial charge on any atom is -0.461 e. The maximum Gasteiger partial charge on any atom is 0.328 e. The lowest BCUT2D eigenvalue weighted by molar-refractivity contribution is -0.151. The molecule has 0 radical (unpaired) electrons. The van der Waals surface area contributed by atoms with Gasteiger partial charge in [0, 0.05) is 5.69 Å². The largest absolute Gasteiger partial charge is 0.461 e. The van der Waals surface area contributed by atoms with Crippen LogP contribution in [0.15, 0.2) is 30.3 Å². The normalized spacial score (nSPS) is 18.1. The van der Waals surface area contributed by atoms with Crippen molar-refractivity contribution in [1.82, 2.24) is 0 Å². The number of benzene rings is 1. The fraction of sp³-hybridized carbons (Fsp3) is 0.533. The van der Waals surface area contributed by atoms with Crippen LogP contribution in [0.4, 0.5) is 5.69 Å². The molecule has 0 saturated heterocycles. The predicted octanol–water partition coefficient (Wildman–Crippen LogP) is 3.36. The second-order valence-electron chi connectivity index (χ2n) is 4.93. The molecule has 18 heavy (non-hydrogen) atoms. The van der Waals surface area contributed by atoms with Gasteiger partial charge in [-0.1, -0.05) is 24.6 Å². The molecule has 1 aliphatic rings. The van der Waals surface area contributed by atoms with E-state index in [1.165, 1.54) is 19.3 Å². The third-order valence-electron chi connectivity index (χ3n) is 3.35. The van der Waals surface area contributed by atoms with Crippen LogP contribution >= 0.6 is 0 Å². The number of anilines is 1. The lowest BCUT2D eigenvalue weighted by Gasteiger charge is -2.24. The van der Waals surface area contributed by atoms with E-state index >= 15 is 0 Å². The first-order valence-electron chi connectivity index (χ1n) is 6.78. The summed E-state index contributed by atoms with van der Waals surface area (Å²) in [4.78, 5) is 11.9. The van der Waals surface area contributed by atoms with Crippen molar-refractivity contribution in [1.29, 1.82) is 0 Å². The monoisotopic (exact) mass is 247 g/mol. The highest BCUT2D eigenvalue weighted by atomic mass is 16.5. The molecule has 1 aliphatic carbocycles. The Bertz CT molecular complexity index is 371. The van der Waals surface area contributed by atoms with Crippen LogP contribution in [0.3, 0.4) is 0 Å². The van der Waals surface area contributed by atoms with Crippen molar-refractivity contribution >= 4 is 11.7 Å². The first-order valence-corrected chi connectivity index (χ1v) is 6.78. The minimum atomic E-state index is -0.297. The Morgan fingerprint density at radius 2 is 1.89 bits per heavy atom. The summed E-state index contributed by atoms with van der Waals surface area (Å²) >= 11 is 0. The Morgan fingerprint density at radius 3 is 2.56 bits per heavy atom. The Morgan fingerprint density at radius 1 is 1.22 bits per heavy atom. The molecule has 3 nitrogen and oxygen atoms in total. The molecule has 0 aromatic heterocycles. The van der Waals surface area contributed by atoms with Crippen molar-refractivity contribution in [2.24, 2.45) is 0 Å². The maximum absolute atomic E-state index is 11.9. The molecule has 1 aromatic rings. The summed E-state index contributed by atoms with van der Waals surface area (Å²) in [7, 11) is 0.